The number of rotatable bonds is 4. The number of carbonyl (C=O) groups is 1. The maximum atomic E-state index is 13.1. The second-order valence-electron chi connectivity index (χ2n) is 4.51. The zero-order valence-electron chi connectivity index (χ0n) is 12.0. The maximum absolute atomic E-state index is 13.1. The Morgan fingerprint density at radius 2 is 2.12 bits per heavy atom. The van der Waals surface area contributed by atoms with E-state index in [4.69, 9.17) is 11.5 Å². The SMILES string of the molecule is Cl.NC(N)=Nc1nc(CC(=O)Nc2nc3cc(F)ccc3s2)cs1. The second kappa shape index (κ2) is 7.51. The van der Waals surface area contributed by atoms with Gasteiger partial charge in [-0.1, -0.05) is 11.3 Å². The molecule has 2 heterocycles. The third kappa shape index (κ3) is 4.37. The van der Waals surface area contributed by atoms with Gasteiger partial charge in [-0.25, -0.2) is 14.4 Å². The van der Waals surface area contributed by atoms with E-state index in [0.29, 0.717) is 21.5 Å². The van der Waals surface area contributed by atoms with Gasteiger partial charge in [-0.15, -0.1) is 23.7 Å². The van der Waals surface area contributed by atoms with Crippen molar-refractivity contribution in [2.45, 2.75) is 6.42 Å². The highest BCUT2D eigenvalue weighted by molar-refractivity contribution is 7.22. The number of hydrogen-bond donors (Lipinski definition) is 3. The molecule has 0 saturated heterocycles. The van der Waals surface area contributed by atoms with Crippen LogP contribution in [-0.4, -0.2) is 21.8 Å². The highest BCUT2D eigenvalue weighted by Crippen LogP contribution is 2.26. The molecule has 11 heteroatoms. The number of fused-ring (bicyclic) bond motifs is 1. The van der Waals surface area contributed by atoms with Crippen molar-refractivity contribution in [3.63, 3.8) is 0 Å². The molecular weight excluding hydrogens is 375 g/mol. The van der Waals surface area contributed by atoms with Crippen LogP contribution in [0.5, 0.6) is 0 Å². The first-order valence-corrected chi connectivity index (χ1v) is 8.09. The minimum absolute atomic E-state index is 0. The van der Waals surface area contributed by atoms with Crippen LogP contribution in [-0.2, 0) is 11.2 Å². The van der Waals surface area contributed by atoms with E-state index in [2.05, 4.69) is 20.3 Å². The summed E-state index contributed by atoms with van der Waals surface area (Å²) >= 11 is 2.51. The van der Waals surface area contributed by atoms with Crippen LogP contribution < -0.4 is 16.8 Å². The molecule has 0 unspecified atom stereocenters. The number of thiazole rings is 2. The lowest BCUT2D eigenvalue weighted by Crippen LogP contribution is -2.21. The third-order valence-electron chi connectivity index (χ3n) is 2.70. The van der Waals surface area contributed by atoms with Crippen molar-refractivity contribution in [1.82, 2.24) is 9.97 Å². The van der Waals surface area contributed by atoms with E-state index in [9.17, 15) is 9.18 Å². The van der Waals surface area contributed by atoms with Crippen molar-refractivity contribution >= 4 is 67.4 Å². The molecule has 0 spiro atoms. The Hall–Kier alpha value is -2.30. The van der Waals surface area contributed by atoms with Crippen LogP contribution in [0.25, 0.3) is 10.2 Å². The lowest BCUT2D eigenvalue weighted by Gasteiger charge is -1.98. The van der Waals surface area contributed by atoms with E-state index in [0.717, 1.165) is 4.70 Å². The molecule has 0 atom stereocenters. The summed E-state index contributed by atoms with van der Waals surface area (Å²) in [6.45, 7) is 0. The number of benzene rings is 1. The van der Waals surface area contributed by atoms with Crippen molar-refractivity contribution in [2.75, 3.05) is 5.32 Å². The average Bonchev–Trinajstić information content (AvgIpc) is 3.03. The normalized spacial score (nSPS) is 10.2. The highest BCUT2D eigenvalue weighted by atomic mass is 35.5. The molecule has 0 saturated carbocycles. The molecular formula is C13H12ClFN6OS2. The number of halogens is 2. The molecule has 24 heavy (non-hydrogen) atoms. The number of aliphatic imine (C=N–C) groups is 1. The van der Waals surface area contributed by atoms with Crippen molar-refractivity contribution in [3.8, 4) is 0 Å². The molecule has 0 radical (unpaired) electrons. The molecule has 3 rings (SSSR count). The van der Waals surface area contributed by atoms with Gasteiger partial charge < -0.3 is 16.8 Å². The Morgan fingerprint density at radius 1 is 1.33 bits per heavy atom. The number of nitrogens with zero attached hydrogens (tertiary/aromatic N) is 3. The molecule has 7 nitrogen and oxygen atoms in total. The molecule has 0 aliphatic rings. The molecule has 0 aliphatic carbocycles. The largest absolute Gasteiger partial charge is 0.370 e. The number of nitrogens with one attached hydrogen (secondary N) is 1. The monoisotopic (exact) mass is 386 g/mol. The first kappa shape index (κ1) is 18.0. The van der Waals surface area contributed by atoms with Crippen LogP contribution in [0.15, 0.2) is 28.6 Å². The summed E-state index contributed by atoms with van der Waals surface area (Å²) in [5, 5.41) is 5.18. The van der Waals surface area contributed by atoms with E-state index in [-0.39, 0.29) is 36.5 Å². The summed E-state index contributed by atoms with van der Waals surface area (Å²) in [4.78, 5) is 24.1. The first-order chi connectivity index (χ1) is 11.0. The Bertz CT molecular complexity index is 905. The number of aromatic nitrogens is 2. The zero-order valence-corrected chi connectivity index (χ0v) is 14.5. The summed E-state index contributed by atoms with van der Waals surface area (Å²) in [5.41, 5.74) is 11.6. The fourth-order valence-corrected chi connectivity index (χ4v) is 3.39. The summed E-state index contributed by atoms with van der Waals surface area (Å²) in [6, 6.07) is 4.30. The third-order valence-corrected chi connectivity index (χ3v) is 4.44. The second-order valence-corrected chi connectivity index (χ2v) is 6.38. The number of amides is 1. The van der Waals surface area contributed by atoms with Crippen LogP contribution >= 0.6 is 35.1 Å². The van der Waals surface area contributed by atoms with E-state index < -0.39 is 0 Å². The lowest BCUT2D eigenvalue weighted by atomic mass is 10.3. The van der Waals surface area contributed by atoms with Gasteiger partial charge in [-0.05, 0) is 12.1 Å². The molecule has 1 amide bonds. The van der Waals surface area contributed by atoms with Crippen LogP contribution in [0.4, 0.5) is 14.7 Å². The molecule has 0 aliphatic heterocycles. The Balaban J connectivity index is 0.00000208. The zero-order chi connectivity index (χ0) is 16.4. The van der Waals surface area contributed by atoms with Gasteiger partial charge in [0.25, 0.3) is 0 Å². The summed E-state index contributed by atoms with van der Waals surface area (Å²) in [6.07, 6.45) is 0.0702. The standard InChI is InChI=1S/C13H11FN6OS2.ClH/c14-6-1-2-9-8(3-6)18-13(23-9)19-10(21)4-7-5-22-12(17-7)20-11(15)16;/h1-3,5H,4H2,(H,18,19,21)(H4,15,16,17,20);1H. The minimum Gasteiger partial charge on any atom is -0.370 e. The van der Waals surface area contributed by atoms with Crippen molar-refractivity contribution < 1.29 is 9.18 Å². The van der Waals surface area contributed by atoms with Gasteiger partial charge in [-0.3, -0.25) is 4.79 Å². The Labute approximate surface area is 150 Å². The van der Waals surface area contributed by atoms with Crippen LogP contribution in [0, 0.1) is 5.82 Å². The first-order valence-electron chi connectivity index (χ1n) is 6.39. The fourth-order valence-electron chi connectivity index (χ4n) is 1.82. The molecule has 126 valence electrons. The summed E-state index contributed by atoms with van der Waals surface area (Å²) in [7, 11) is 0. The smallest absolute Gasteiger partial charge is 0.232 e. The molecule has 0 bridgehead atoms. The predicted molar refractivity (Wildman–Crippen MR) is 96.7 cm³/mol. The van der Waals surface area contributed by atoms with Gasteiger partial charge in [0.2, 0.25) is 11.0 Å². The van der Waals surface area contributed by atoms with E-state index >= 15 is 0 Å². The topological polar surface area (TPSA) is 119 Å². The Morgan fingerprint density at radius 3 is 2.88 bits per heavy atom. The maximum Gasteiger partial charge on any atom is 0.232 e. The van der Waals surface area contributed by atoms with Gasteiger partial charge >= 0.3 is 0 Å². The van der Waals surface area contributed by atoms with Gasteiger partial charge in [0.05, 0.1) is 22.3 Å². The number of anilines is 1. The van der Waals surface area contributed by atoms with Gasteiger partial charge in [0.1, 0.15) is 5.82 Å². The minimum atomic E-state index is -0.365. The van der Waals surface area contributed by atoms with Crippen LogP contribution in [0.1, 0.15) is 5.69 Å². The highest BCUT2D eigenvalue weighted by Gasteiger charge is 2.11. The number of nitrogens with two attached hydrogens (primary N) is 2. The molecule has 5 N–H and O–H groups in total. The van der Waals surface area contributed by atoms with Crippen molar-refractivity contribution in [3.05, 3.63) is 35.1 Å². The van der Waals surface area contributed by atoms with Crippen molar-refractivity contribution in [2.24, 2.45) is 16.5 Å². The Kier molecular flexibility index (Phi) is 5.65. The molecule has 2 aromatic heterocycles. The quantitative estimate of drug-likeness (QED) is 0.469. The molecule has 0 fully saturated rings. The number of hydrogen-bond acceptors (Lipinski definition) is 6. The van der Waals surface area contributed by atoms with Gasteiger partial charge in [0.15, 0.2) is 11.1 Å². The summed E-state index contributed by atoms with van der Waals surface area (Å²) in [5.74, 6) is -0.724. The molecule has 3 aromatic rings. The molecule has 1 aromatic carbocycles. The van der Waals surface area contributed by atoms with Crippen LogP contribution in [0.2, 0.25) is 0 Å². The van der Waals surface area contributed by atoms with Gasteiger partial charge in [-0.2, -0.15) is 4.99 Å². The van der Waals surface area contributed by atoms with Gasteiger partial charge in [0, 0.05) is 11.4 Å². The van der Waals surface area contributed by atoms with E-state index in [1.807, 2.05) is 0 Å². The average molecular weight is 387 g/mol. The predicted octanol–water partition coefficient (Wildman–Crippen LogP) is 2.40. The van der Waals surface area contributed by atoms with E-state index in [1.54, 1.807) is 11.4 Å². The van der Waals surface area contributed by atoms with E-state index in [1.165, 1.54) is 34.8 Å². The summed E-state index contributed by atoms with van der Waals surface area (Å²) < 4.78 is 13.9. The van der Waals surface area contributed by atoms with Crippen LogP contribution in [0.3, 0.4) is 0 Å². The lowest BCUT2D eigenvalue weighted by molar-refractivity contribution is -0.115. The fraction of sp³-hybridized carbons (Fsp3) is 0.0769. The number of carbonyl (C=O) groups excluding carboxylic acids is 1. The number of guanidine groups is 1. The van der Waals surface area contributed by atoms with Crippen molar-refractivity contribution in [1.29, 1.82) is 0 Å².